The van der Waals surface area contributed by atoms with Crippen LogP contribution >= 0.6 is 0 Å². The number of amides is 1. The highest BCUT2D eigenvalue weighted by atomic mass is 16.5. The van der Waals surface area contributed by atoms with Gasteiger partial charge in [-0.25, -0.2) is 4.79 Å². The number of hydrogen-bond acceptors (Lipinski definition) is 5. The maximum atomic E-state index is 12.3. The van der Waals surface area contributed by atoms with Crippen LogP contribution in [0.15, 0.2) is 48.5 Å². The van der Waals surface area contributed by atoms with Gasteiger partial charge in [0.2, 0.25) is 0 Å². The smallest absolute Gasteiger partial charge is 0.337 e. The van der Waals surface area contributed by atoms with Gasteiger partial charge in [-0.3, -0.25) is 9.59 Å². The summed E-state index contributed by atoms with van der Waals surface area (Å²) >= 11 is 0. The van der Waals surface area contributed by atoms with Gasteiger partial charge in [-0.2, -0.15) is 0 Å². The van der Waals surface area contributed by atoms with Crippen molar-refractivity contribution in [3.8, 4) is 5.75 Å². The molecule has 0 bridgehead atoms. The van der Waals surface area contributed by atoms with Gasteiger partial charge in [0, 0.05) is 11.3 Å². The molecule has 0 unspecified atom stereocenters. The van der Waals surface area contributed by atoms with E-state index >= 15 is 0 Å². The van der Waals surface area contributed by atoms with Crippen LogP contribution in [0.4, 0.5) is 5.69 Å². The molecule has 1 atom stereocenters. The fourth-order valence-corrected chi connectivity index (χ4v) is 2.13. The fourth-order valence-electron chi connectivity index (χ4n) is 2.13. The second kappa shape index (κ2) is 8.10. The van der Waals surface area contributed by atoms with E-state index < -0.39 is 12.1 Å². The Hall–Kier alpha value is -3.15. The highest BCUT2D eigenvalue weighted by Gasteiger charge is 2.16. The standard InChI is InChI=1S/C19H19NO5/c1-12(21)14-6-4-8-16(10-14)20-18(22)13(2)25-17-9-5-7-15(11-17)19(23)24-3/h4-11,13H,1-3H3,(H,20,22)/t13-/m1/s1. The molecule has 2 aromatic carbocycles. The lowest BCUT2D eigenvalue weighted by atomic mass is 10.1. The molecule has 0 aromatic heterocycles. The van der Waals surface area contributed by atoms with E-state index in [1.54, 1.807) is 49.4 Å². The molecule has 0 aliphatic carbocycles. The molecule has 0 radical (unpaired) electrons. The molecular weight excluding hydrogens is 322 g/mol. The minimum absolute atomic E-state index is 0.0833. The topological polar surface area (TPSA) is 81.7 Å². The van der Waals surface area contributed by atoms with Crippen LogP contribution in [0.3, 0.4) is 0 Å². The van der Waals surface area contributed by atoms with E-state index in [4.69, 9.17) is 4.74 Å². The summed E-state index contributed by atoms with van der Waals surface area (Å²) in [5.74, 6) is -0.559. The first kappa shape index (κ1) is 18.2. The maximum absolute atomic E-state index is 12.3. The normalized spacial score (nSPS) is 11.3. The number of carbonyl (C=O) groups is 3. The molecule has 0 spiro atoms. The first-order valence-corrected chi connectivity index (χ1v) is 7.67. The van der Waals surface area contributed by atoms with Crippen molar-refractivity contribution in [2.24, 2.45) is 0 Å². The minimum Gasteiger partial charge on any atom is -0.481 e. The van der Waals surface area contributed by atoms with Crippen LogP contribution in [-0.4, -0.2) is 30.9 Å². The SMILES string of the molecule is COC(=O)c1cccc(O[C@H](C)C(=O)Nc2cccc(C(C)=O)c2)c1. The lowest BCUT2D eigenvalue weighted by molar-refractivity contribution is -0.122. The zero-order valence-electron chi connectivity index (χ0n) is 14.2. The van der Waals surface area contributed by atoms with Crippen LogP contribution in [0.1, 0.15) is 34.6 Å². The second-order valence-corrected chi connectivity index (χ2v) is 5.41. The summed E-state index contributed by atoms with van der Waals surface area (Å²) in [7, 11) is 1.29. The maximum Gasteiger partial charge on any atom is 0.337 e. The number of nitrogens with one attached hydrogen (secondary N) is 1. The van der Waals surface area contributed by atoms with Crippen molar-refractivity contribution in [3.63, 3.8) is 0 Å². The summed E-state index contributed by atoms with van der Waals surface area (Å²) in [6, 6.07) is 13.0. The van der Waals surface area contributed by atoms with E-state index in [1.165, 1.54) is 20.1 Å². The number of carbonyl (C=O) groups excluding carboxylic acids is 3. The van der Waals surface area contributed by atoms with Crippen LogP contribution in [0.25, 0.3) is 0 Å². The summed E-state index contributed by atoms with van der Waals surface area (Å²) < 4.78 is 10.2. The molecule has 0 heterocycles. The Balaban J connectivity index is 2.04. The molecule has 2 rings (SSSR count). The highest BCUT2D eigenvalue weighted by molar-refractivity contribution is 5.98. The summed E-state index contributed by atoms with van der Waals surface area (Å²) in [5.41, 5.74) is 1.36. The van der Waals surface area contributed by atoms with Gasteiger partial charge in [0.25, 0.3) is 5.91 Å². The van der Waals surface area contributed by atoms with Crippen molar-refractivity contribution in [2.45, 2.75) is 20.0 Å². The molecule has 2 aromatic rings. The number of esters is 1. The third-order valence-corrected chi connectivity index (χ3v) is 3.47. The van der Waals surface area contributed by atoms with Crippen LogP contribution < -0.4 is 10.1 Å². The van der Waals surface area contributed by atoms with Crippen LogP contribution in [-0.2, 0) is 9.53 Å². The average molecular weight is 341 g/mol. The van der Waals surface area contributed by atoms with Gasteiger partial charge in [0.15, 0.2) is 11.9 Å². The minimum atomic E-state index is -0.797. The molecule has 0 aliphatic rings. The summed E-state index contributed by atoms with van der Waals surface area (Å²) in [4.78, 5) is 35.2. The number of Topliss-reactive ketones (excluding diaryl/α,β-unsaturated/α-hetero) is 1. The van der Waals surface area contributed by atoms with Crippen molar-refractivity contribution >= 4 is 23.3 Å². The van der Waals surface area contributed by atoms with E-state index in [1.807, 2.05) is 0 Å². The van der Waals surface area contributed by atoms with E-state index in [0.717, 1.165) is 0 Å². The Morgan fingerprint density at radius 3 is 2.36 bits per heavy atom. The lowest BCUT2D eigenvalue weighted by Gasteiger charge is -2.15. The van der Waals surface area contributed by atoms with Crippen LogP contribution in [0.5, 0.6) is 5.75 Å². The molecule has 0 saturated carbocycles. The molecule has 0 aliphatic heterocycles. The Morgan fingerprint density at radius 1 is 1.00 bits per heavy atom. The first-order chi connectivity index (χ1) is 11.9. The highest BCUT2D eigenvalue weighted by Crippen LogP contribution is 2.17. The van der Waals surface area contributed by atoms with Gasteiger partial charge in [-0.15, -0.1) is 0 Å². The molecule has 1 N–H and O–H groups in total. The number of benzene rings is 2. The van der Waals surface area contributed by atoms with Gasteiger partial charge < -0.3 is 14.8 Å². The fraction of sp³-hybridized carbons (Fsp3) is 0.211. The van der Waals surface area contributed by atoms with Gasteiger partial charge >= 0.3 is 5.97 Å². The first-order valence-electron chi connectivity index (χ1n) is 7.67. The van der Waals surface area contributed by atoms with E-state index in [0.29, 0.717) is 22.6 Å². The Bertz CT molecular complexity index is 800. The Kier molecular flexibility index (Phi) is 5.89. The number of hydrogen-bond donors (Lipinski definition) is 1. The van der Waals surface area contributed by atoms with Gasteiger partial charge in [-0.05, 0) is 44.2 Å². The molecule has 0 fully saturated rings. The monoisotopic (exact) mass is 341 g/mol. The zero-order valence-corrected chi connectivity index (χ0v) is 14.2. The molecular formula is C19H19NO5. The molecule has 1 amide bonds. The predicted molar refractivity (Wildman–Crippen MR) is 92.9 cm³/mol. The molecule has 6 nitrogen and oxygen atoms in total. The van der Waals surface area contributed by atoms with Crippen molar-refractivity contribution in [1.29, 1.82) is 0 Å². The van der Waals surface area contributed by atoms with Gasteiger partial charge in [0.05, 0.1) is 12.7 Å². The van der Waals surface area contributed by atoms with Crippen molar-refractivity contribution in [2.75, 3.05) is 12.4 Å². The second-order valence-electron chi connectivity index (χ2n) is 5.41. The third-order valence-electron chi connectivity index (χ3n) is 3.47. The Morgan fingerprint density at radius 2 is 1.68 bits per heavy atom. The number of anilines is 1. The zero-order chi connectivity index (χ0) is 18.4. The predicted octanol–water partition coefficient (Wildman–Crippen LogP) is 3.08. The quantitative estimate of drug-likeness (QED) is 0.645. The third kappa shape index (κ3) is 4.91. The largest absolute Gasteiger partial charge is 0.481 e. The van der Waals surface area contributed by atoms with Crippen LogP contribution in [0, 0.1) is 0 Å². The Labute approximate surface area is 145 Å². The lowest BCUT2D eigenvalue weighted by Crippen LogP contribution is -2.30. The number of ether oxygens (including phenoxy) is 2. The number of rotatable bonds is 6. The van der Waals surface area contributed by atoms with Gasteiger partial charge in [-0.1, -0.05) is 18.2 Å². The molecule has 130 valence electrons. The van der Waals surface area contributed by atoms with Crippen LogP contribution in [0.2, 0.25) is 0 Å². The van der Waals surface area contributed by atoms with Crippen molar-refractivity contribution < 1.29 is 23.9 Å². The average Bonchev–Trinajstić information content (AvgIpc) is 2.61. The molecule has 6 heteroatoms. The summed E-state index contributed by atoms with van der Waals surface area (Å²) in [6.07, 6.45) is -0.797. The summed E-state index contributed by atoms with van der Waals surface area (Å²) in [5, 5.41) is 2.70. The van der Waals surface area contributed by atoms with Gasteiger partial charge in [0.1, 0.15) is 5.75 Å². The summed E-state index contributed by atoms with van der Waals surface area (Å²) in [6.45, 7) is 3.05. The number of ketones is 1. The van der Waals surface area contributed by atoms with E-state index in [9.17, 15) is 14.4 Å². The van der Waals surface area contributed by atoms with Crippen molar-refractivity contribution in [3.05, 3.63) is 59.7 Å². The van der Waals surface area contributed by atoms with E-state index in [-0.39, 0.29) is 11.7 Å². The molecule has 25 heavy (non-hydrogen) atoms. The van der Waals surface area contributed by atoms with E-state index in [2.05, 4.69) is 10.1 Å². The number of methoxy groups -OCH3 is 1. The van der Waals surface area contributed by atoms with Crippen molar-refractivity contribution in [1.82, 2.24) is 0 Å². The molecule has 0 saturated heterocycles.